The number of nitrogen functional groups attached to an aromatic ring is 1. The lowest BCUT2D eigenvalue weighted by molar-refractivity contribution is 0.463. The molecule has 0 radical (unpaired) electrons. The van der Waals surface area contributed by atoms with E-state index in [4.69, 9.17) is 10.5 Å². The van der Waals surface area contributed by atoms with Crippen LogP contribution in [0.1, 0.15) is 0 Å². The minimum absolute atomic E-state index is 0.498. The van der Waals surface area contributed by atoms with Gasteiger partial charge in [-0.05, 0) is 30.3 Å². The number of hydrogen-bond acceptors (Lipinski definition) is 3. The highest BCUT2D eigenvalue weighted by atomic mass is 79.9. The van der Waals surface area contributed by atoms with Crippen molar-refractivity contribution in [2.45, 2.75) is 0 Å². The van der Waals surface area contributed by atoms with Crippen molar-refractivity contribution in [3.63, 3.8) is 0 Å². The van der Waals surface area contributed by atoms with Gasteiger partial charge in [-0.3, -0.25) is 0 Å². The van der Waals surface area contributed by atoms with E-state index in [1.807, 2.05) is 24.3 Å². The van der Waals surface area contributed by atoms with E-state index in [0.29, 0.717) is 11.6 Å². The van der Waals surface area contributed by atoms with Gasteiger partial charge in [0.15, 0.2) is 0 Å². The maximum absolute atomic E-state index is 5.61. The van der Waals surface area contributed by atoms with Crippen molar-refractivity contribution in [1.29, 1.82) is 0 Å². The fourth-order valence-electron chi connectivity index (χ4n) is 1.10. The van der Waals surface area contributed by atoms with Crippen LogP contribution in [0.25, 0.3) is 0 Å². The van der Waals surface area contributed by atoms with Crippen molar-refractivity contribution in [3.8, 4) is 11.6 Å². The van der Waals surface area contributed by atoms with Gasteiger partial charge < -0.3 is 10.5 Å². The number of nitrogens with two attached hydrogens (primary N) is 1. The van der Waals surface area contributed by atoms with Gasteiger partial charge >= 0.3 is 0 Å². The molecule has 4 heteroatoms. The predicted molar refractivity (Wildman–Crippen MR) is 62.9 cm³/mol. The minimum Gasteiger partial charge on any atom is -0.439 e. The first-order valence-corrected chi connectivity index (χ1v) is 5.18. The molecule has 0 bridgehead atoms. The van der Waals surface area contributed by atoms with Crippen LogP contribution in [0.3, 0.4) is 0 Å². The number of ether oxygens (including phenoxy) is 1. The molecule has 0 atom stereocenters. The molecule has 2 rings (SSSR count). The summed E-state index contributed by atoms with van der Waals surface area (Å²) in [7, 11) is 0. The van der Waals surface area contributed by atoms with Gasteiger partial charge in [-0.2, -0.15) is 0 Å². The average Bonchev–Trinajstić information content (AvgIpc) is 2.22. The van der Waals surface area contributed by atoms with Crippen molar-refractivity contribution < 1.29 is 4.74 Å². The molecule has 76 valence electrons. The van der Waals surface area contributed by atoms with E-state index < -0.39 is 0 Å². The molecule has 0 aliphatic carbocycles. The SMILES string of the molecule is Nc1ccnc(Oc2ccc(Br)cc2)c1. The first-order valence-electron chi connectivity index (χ1n) is 4.39. The predicted octanol–water partition coefficient (Wildman–Crippen LogP) is 3.22. The van der Waals surface area contributed by atoms with Crippen molar-refractivity contribution in [1.82, 2.24) is 4.98 Å². The third-order valence-corrected chi connectivity index (χ3v) is 2.32. The van der Waals surface area contributed by atoms with E-state index in [1.165, 1.54) is 0 Å². The van der Waals surface area contributed by atoms with Crippen LogP contribution >= 0.6 is 15.9 Å². The summed E-state index contributed by atoms with van der Waals surface area (Å²) in [5.74, 6) is 1.23. The number of aromatic nitrogens is 1. The Hall–Kier alpha value is -1.55. The number of halogens is 1. The monoisotopic (exact) mass is 264 g/mol. The van der Waals surface area contributed by atoms with Crippen LogP contribution in [0.2, 0.25) is 0 Å². The Kier molecular flexibility index (Phi) is 2.87. The highest BCUT2D eigenvalue weighted by Gasteiger charge is 1.98. The maximum Gasteiger partial charge on any atom is 0.221 e. The molecule has 0 aliphatic rings. The molecule has 0 aliphatic heterocycles. The summed E-state index contributed by atoms with van der Waals surface area (Å²) in [5, 5.41) is 0. The maximum atomic E-state index is 5.61. The highest BCUT2D eigenvalue weighted by molar-refractivity contribution is 9.10. The number of rotatable bonds is 2. The second kappa shape index (κ2) is 4.31. The third kappa shape index (κ3) is 2.70. The molecule has 3 nitrogen and oxygen atoms in total. The standard InChI is InChI=1S/C11H9BrN2O/c12-8-1-3-10(4-2-8)15-11-7-9(13)5-6-14-11/h1-7H,(H2,13,14). The topological polar surface area (TPSA) is 48.1 Å². The molecular weight excluding hydrogens is 256 g/mol. The Morgan fingerprint density at radius 1 is 1.13 bits per heavy atom. The zero-order chi connectivity index (χ0) is 10.7. The Bertz CT molecular complexity index is 456. The van der Waals surface area contributed by atoms with Crippen LogP contribution in [0.4, 0.5) is 5.69 Å². The lowest BCUT2D eigenvalue weighted by Gasteiger charge is -2.04. The molecule has 0 saturated carbocycles. The van der Waals surface area contributed by atoms with E-state index >= 15 is 0 Å². The number of hydrogen-bond donors (Lipinski definition) is 1. The third-order valence-electron chi connectivity index (χ3n) is 1.79. The summed E-state index contributed by atoms with van der Waals surface area (Å²) in [6.07, 6.45) is 1.61. The summed E-state index contributed by atoms with van der Waals surface area (Å²) < 4.78 is 6.51. The molecule has 2 N–H and O–H groups in total. The highest BCUT2D eigenvalue weighted by Crippen LogP contribution is 2.22. The summed E-state index contributed by atoms with van der Waals surface area (Å²) in [6.45, 7) is 0. The first-order chi connectivity index (χ1) is 7.24. The van der Waals surface area contributed by atoms with Gasteiger partial charge in [0.2, 0.25) is 5.88 Å². The van der Waals surface area contributed by atoms with Gasteiger partial charge in [0.25, 0.3) is 0 Å². The van der Waals surface area contributed by atoms with Crippen molar-refractivity contribution in [2.75, 3.05) is 5.73 Å². The van der Waals surface area contributed by atoms with Crippen LogP contribution in [0, 0.1) is 0 Å². The quantitative estimate of drug-likeness (QED) is 0.906. The molecule has 0 fully saturated rings. The van der Waals surface area contributed by atoms with Crippen molar-refractivity contribution in [2.24, 2.45) is 0 Å². The number of anilines is 1. The largest absolute Gasteiger partial charge is 0.439 e. The van der Waals surface area contributed by atoms with Crippen molar-refractivity contribution >= 4 is 21.6 Å². The Balaban J connectivity index is 2.18. The molecule has 2 aromatic rings. The second-order valence-electron chi connectivity index (χ2n) is 2.98. The second-order valence-corrected chi connectivity index (χ2v) is 3.90. The minimum atomic E-state index is 0.498. The molecule has 0 amide bonds. The molecular formula is C11H9BrN2O. The van der Waals surface area contributed by atoms with Gasteiger partial charge in [0, 0.05) is 22.4 Å². The number of pyridine rings is 1. The summed E-state index contributed by atoms with van der Waals surface area (Å²) in [5.41, 5.74) is 6.25. The molecule has 1 aromatic heterocycles. The van der Waals surface area contributed by atoms with Gasteiger partial charge in [0.05, 0.1) is 0 Å². The van der Waals surface area contributed by atoms with E-state index in [2.05, 4.69) is 20.9 Å². The molecule has 1 heterocycles. The van der Waals surface area contributed by atoms with Gasteiger partial charge in [-0.25, -0.2) is 4.98 Å². The van der Waals surface area contributed by atoms with Gasteiger partial charge in [-0.1, -0.05) is 15.9 Å². The fraction of sp³-hybridized carbons (Fsp3) is 0. The summed E-state index contributed by atoms with van der Waals surface area (Å²) in [4.78, 5) is 4.04. The molecule has 0 saturated heterocycles. The zero-order valence-electron chi connectivity index (χ0n) is 7.85. The first kappa shape index (κ1) is 9.98. The summed E-state index contributed by atoms with van der Waals surface area (Å²) in [6, 6.07) is 10.9. The average molecular weight is 265 g/mol. The van der Waals surface area contributed by atoms with Gasteiger partial charge in [-0.15, -0.1) is 0 Å². The van der Waals surface area contributed by atoms with Crippen LogP contribution in [0.15, 0.2) is 47.1 Å². The van der Waals surface area contributed by atoms with Crippen LogP contribution in [-0.2, 0) is 0 Å². The summed E-state index contributed by atoms with van der Waals surface area (Å²) >= 11 is 3.35. The molecule has 1 aromatic carbocycles. The van der Waals surface area contributed by atoms with Crippen LogP contribution < -0.4 is 10.5 Å². The Labute approximate surface area is 96.0 Å². The van der Waals surface area contributed by atoms with Crippen molar-refractivity contribution in [3.05, 3.63) is 47.1 Å². The number of nitrogens with zero attached hydrogens (tertiary/aromatic N) is 1. The molecule has 15 heavy (non-hydrogen) atoms. The van der Waals surface area contributed by atoms with Crippen LogP contribution in [0.5, 0.6) is 11.6 Å². The lowest BCUT2D eigenvalue weighted by atomic mass is 10.3. The van der Waals surface area contributed by atoms with Crippen LogP contribution in [-0.4, -0.2) is 4.98 Å². The fourth-order valence-corrected chi connectivity index (χ4v) is 1.37. The van der Waals surface area contributed by atoms with E-state index in [-0.39, 0.29) is 0 Å². The molecule has 0 spiro atoms. The van der Waals surface area contributed by atoms with E-state index in [0.717, 1.165) is 10.2 Å². The lowest BCUT2D eigenvalue weighted by Crippen LogP contribution is -1.90. The Morgan fingerprint density at radius 3 is 2.53 bits per heavy atom. The van der Waals surface area contributed by atoms with E-state index in [9.17, 15) is 0 Å². The number of benzene rings is 1. The molecule has 0 unspecified atom stereocenters. The van der Waals surface area contributed by atoms with Gasteiger partial charge in [0.1, 0.15) is 5.75 Å². The zero-order valence-corrected chi connectivity index (χ0v) is 9.44. The Morgan fingerprint density at radius 2 is 1.87 bits per heavy atom. The smallest absolute Gasteiger partial charge is 0.221 e. The normalized spacial score (nSPS) is 9.93. The van der Waals surface area contributed by atoms with E-state index in [1.54, 1.807) is 18.3 Å².